The van der Waals surface area contributed by atoms with Gasteiger partial charge in [-0.25, -0.2) is 4.79 Å². The molecule has 0 saturated heterocycles. The largest absolute Gasteiger partial charge is 0.506 e. The molecule has 0 aliphatic heterocycles. The maximum absolute atomic E-state index is 13.6. The zero-order chi connectivity index (χ0) is 36.4. The number of rotatable bonds is 21. The second-order valence-corrected chi connectivity index (χ2v) is 13.6. The minimum Gasteiger partial charge on any atom is -0.506 e. The Morgan fingerprint density at radius 3 is 1.81 bits per heavy atom. The first-order valence-corrected chi connectivity index (χ1v) is 19.3. The molecule has 0 radical (unpaired) electrons. The lowest BCUT2D eigenvalue weighted by molar-refractivity contribution is 0.0498. The van der Waals surface area contributed by atoms with Crippen LogP contribution in [0.3, 0.4) is 0 Å². The minimum absolute atomic E-state index is 0.0665. The van der Waals surface area contributed by atoms with Crippen molar-refractivity contribution in [2.75, 3.05) is 11.9 Å². The molecule has 7 nitrogen and oxygen atoms in total. The first kappa shape index (κ1) is 38.2. The van der Waals surface area contributed by atoms with Crippen molar-refractivity contribution in [1.82, 2.24) is 0 Å². The topological polar surface area (TPSA) is 100 Å². The fraction of sp³-hybridized carbons (Fsp3) is 0.378. The maximum Gasteiger partial charge on any atom is 0.340 e. The number of phenolic OH excluding ortho intramolecular Hbond substituents is 1. The van der Waals surface area contributed by atoms with E-state index in [9.17, 15) is 14.7 Å². The number of unbranched alkanes of at least 4 members (excludes halogenated alkanes) is 14. The molecule has 0 atom stereocenters. The van der Waals surface area contributed by atoms with Gasteiger partial charge in [0.1, 0.15) is 11.4 Å². The average Bonchev–Trinajstić information content (AvgIpc) is 3.17. The predicted octanol–water partition coefficient (Wildman–Crippen LogP) is 13.4. The van der Waals surface area contributed by atoms with Crippen molar-refractivity contribution >= 4 is 50.5 Å². The summed E-state index contributed by atoms with van der Waals surface area (Å²) in [5.74, 6) is -1.06. The highest BCUT2D eigenvalue weighted by Gasteiger charge is 2.19. The molecular formula is C45H53N3O4. The Morgan fingerprint density at radius 2 is 1.12 bits per heavy atom. The lowest BCUT2D eigenvalue weighted by Gasteiger charge is -2.12. The smallest absolute Gasteiger partial charge is 0.340 e. The number of hydrogen-bond donors (Lipinski definition) is 2. The van der Waals surface area contributed by atoms with E-state index in [0.29, 0.717) is 40.0 Å². The molecule has 0 saturated carbocycles. The molecule has 0 aromatic heterocycles. The Balaban J connectivity index is 1.13. The monoisotopic (exact) mass is 699 g/mol. The van der Waals surface area contributed by atoms with Crippen molar-refractivity contribution in [3.8, 4) is 5.75 Å². The van der Waals surface area contributed by atoms with Crippen molar-refractivity contribution in [1.29, 1.82) is 0 Å². The molecule has 2 N–H and O–H groups in total. The number of phenols is 1. The van der Waals surface area contributed by atoms with Crippen LogP contribution in [0.5, 0.6) is 5.75 Å². The van der Waals surface area contributed by atoms with Crippen LogP contribution < -0.4 is 5.32 Å². The van der Waals surface area contributed by atoms with Crippen LogP contribution in [0.25, 0.3) is 21.5 Å². The van der Waals surface area contributed by atoms with Gasteiger partial charge in [0.15, 0.2) is 0 Å². The molecule has 0 aliphatic carbocycles. The molecule has 0 unspecified atom stereocenters. The Bertz CT molecular complexity index is 1930. The summed E-state index contributed by atoms with van der Waals surface area (Å²) < 4.78 is 5.63. The Hall–Kier alpha value is -5.04. The number of fused-ring (bicyclic) bond motifs is 2. The first-order valence-electron chi connectivity index (χ1n) is 19.3. The summed E-state index contributed by atoms with van der Waals surface area (Å²) in [6, 6.07) is 29.1. The van der Waals surface area contributed by atoms with Gasteiger partial charge in [-0.2, -0.15) is 0 Å². The summed E-state index contributed by atoms with van der Waals surface area (Å²) in [6.07, 6.45) is 19.2. The van der Waals surface area contributed by atoms with Crippen LogP contribution in [-0.4, -0.2) is 23.6 Å². The van der Waals surface area contributed by atoms with Crippen LogP contribution in [0.2, 0.25) is 0 Å². The summed E-state index contributed by atoms with van der Waals surface area (Å²) in [7, 11) is 0. The number of carbonyl (C=O) groups excluding carboxylic acids is 2. The van der Waals surface area contributed by atoms with Crippen molar-refractivity contribution in [3.05, 3.63) is 108 Å². The van der Waals surface area contributed by atoms with Crippen LogP contribution in [-0.2, 0) is 4.74 Å². The van der Waals surface area contributed by atoms with Gasteiger partial charge in [0.25, 0.3) is 5.91 Å². The highest BCUT2D eigenvalue weighted by Crippen LogP contribution is 2.38. The van der Waals surface area contributed by atoms with Crippen LogP contribution >= 0.6 is 0 Å². The molecule has 0 heterocycles. The van der Waals surface area contributed by atoms with Crippen molar-refractivity contribution in [2.24, 2.45) is 10.2 Å². The number of anilines is 1. The molecule has 0 aliphatic rings. The number of nitrogens with zero attached hydrogens (tertiary/aromatic N) is 2. The lowest BCUT2D eigenvalue weighted by Crippen LogP contribution is -2.12. The van der Waals surface area contributed by atoms with Crippen LogP contribution in [0.4, 0.5) is 17.1 Å². The molecule has 272 valence electrons. The lowest BCUT2D eigenvalue weighted by atomic mass is 10.0. The number of amides is 1. The second-order valence-electron chi connectivity index (χ2n) is 13.6. The fourth-order valence-electron chi connectivity index (χ4n) is 6.68. The highest BCUT2D eigenvalue weighted by atomic mass is 16.5. The average molecular weight is 700 g/mol. The van der Waals surface area contributed by atoms with Gasteiger partial charge in [0.2, 0.25) is 0 Å². The summed E-state index contributed by atoms with van der Waals surface area (Å²) in [5.41, 5.74) is 1.77. The maximum atomic E-state index is 13.6. The van der Waals surface area contributed by atoms with E-state index in [1.54, 1.807) is 36.4 Å². The van der Waals surface area contributed by atoms with Gasteiger partial charge in [-0.3, -0.25) is 4.79 Å². The number of aromatic hydroxyl groups is 1. The molecule has 0 fully saturated rings. The number of azo groups is 1. The summed E-state index contributed by atoms with van der Waals surface area (Å²) in [4.78, 5) is 26.7. The first-order chi connectivity index (χ1) is 25.6. The second kappa shape index (κ2) is 20.7. The van der Waals surface area contributed by atoms with Gasteiger partial charge in [0, 0.05) is 21.8 Å². The molecule has 5 aromatic carbocycles. The van der Waals surface area contributed by atoms with E-state index in [2.05, 4.69) is 22.5 Å². The molecule has 0 bridgehead atoms. The molecular weight excluding hydrogens is 647 g/mol. The van der Waals surface area contributed by atoms with Gasteiger partial charge in [0.05, 0.1) is 23.4 Å². The van der Waals surface area contributed by atoms with Crippen molar-refractivity contribution in [3.63, 3.8) is 0 Å². The Morgan fingerprint density at radius 1 is 0.577 bits per heavy atom. The molecule has 1 amide bonds. The standard InChI is InChI=1S/C45H53N3O4/c1-2-3-4-5-6-7-8-9-10-11-12-13-14-15-22-32-52-45(51)38-29-20-21-30-41(38)47-48-42-33-39(43(49)37-28-19-18-27-36(37)42)44(50)46-40-31-23-25-34-24-16-17-26-35(34)40/h16-21,23-31,33,49H,2-15,22,32H2,1H3,(H,46,50). The number of ether oxygens (including phenoxy) is 1. The van der Waals surface area contributed by atoms with Gasteiger partial charge < -0.3 is 15.2 Å². The van der Waals surface area contributed by atoms with Crippen LogP contribution in [0, 0.1) is 0 Å². The third kappa shape index (κ3) is 11.0. The summed E-state index contributed by atoms with van der Waals surface area (Å²) in [5, 5.41) is 26.0. The van der Waals surface area contributed by atoms with E-state index in [1.165, 1.54) is 83.1 Å². The van der Waals surface area contributed by atoms with Crippen LogP contribution in [0.15, 0.2) is 107 Å². The number of hydrogen-bond acceptors (Lipinski definition) is 6. The molecule has 5 rings (SSSR count). The van der Waals surface area contributed by atoms with Gasteiger partial charge >= 0.3 is 5.97 Å². The molecule has 5 aromatic rings. The molecule has 7 heteroatoms. The Labute approximate surface area is 308 Å². The van der Waals surface area contributed by atoms with Crippen molar-refractivity contribution < 1.29 is 19.4 Å². The van der Waals surface area contributed by atoms with Crippen molar-refractivity contribution in [2.45, 2.75) is 103 Å². The number of nitrogens with one attached hydrogen (secondary N) is 1. The SMILES string of the molecule is CCCCCCCCCCCCCCCCCOC(=O)c1ccccc1N=Nc1cc(C(=O)Nc2cccc3ccccc23)c(O)c2ccccc12. The van der Waals surface area contributed by atoms with E-state index in [-0.39, 0.29) is 11.3 Å². The van der Waals surface area contributed by atoms with Gasteiger partial charge in [-0.1, -0.05) is 170 Å². The minimum atomic E-state index is -0.473. The summed E-state index contributed by atoms with van der Waals surface area (Å²) in [6.45, 7) is 2.63. The van der Waals surface area contributed by atoms with Gasteiger partial charge in [-0.15, -0.1) is 10.2 Å². The zero-order valence-electron chi connectivity index (χ0n) is 30.6. The molecule has 0 spiro atoms. The predicted molar refractivity (Wildman–Crippen MR) is 213 cm³/mol. The fourth-order valence-corrected chi connectivity index (χ4v) is 6.68. The number of esters is 1. The van der Waals surface area contributed by atoms with E-state index in [4.69, 9.17) is 4.74 Å². The molecule has 52 heavy (non-hydrogen) atoms. The highest BCUT2D eigenvalue weighted by molar-refractivity contribution is 6.14. The Kier molecular flexibility index (Phi) is 15.2. The number of carbonyl (C=O) groups is 2. The van der Waals surface area contributed by atoms with Crippen LogP contribution in [0.1, 0.15) is 124 Å². The normalized spacial score (nSPS) is 11.4. The van der Waals surface area contributed by atoms with E-state index in [1.807, 2.05) is 54.6 Å². The summed E-state index contributed by atoms with van der Waals surface area (Å²) >= 11 is 0. The third-order valence-electron chi connectivity index (χ3n) is 9.65. The zero-order valence-corrected chi connectivity index (χ0v) is 30.6. The third-order valence-corrected chi connectivity index (χ3v) is 9.65. The number of benzene rings is 5. The van der Waals surface area contributed by atoms with E-state index in [0.717, 1.165) is 30.0 Å². The van der Waals surface area contributed by atoms with E-state index >= 15 is 0 Å². The van der Waals surface area contributed by atoms with E-state index < -0.39 is 11.9 Å². The van der Waals surface area contributed by atoms with Gasteiger partial charge in [-0.05, 0) is 36.1 Å². The quantitative estimate of drug-likeness (QED) is 0.0452.